The molecule has 2 nitrogen and oxygen atoms in total. The second kappa shape index (κ2) is 9.90. The van der Waals surface area contributed by atoms with Crippen LogP contribution in [0.1, 0.15) is 0 Å². The van der Waals surface area contributed by atoms with Gasteiger partial charge in [-0.1, -0.05) is 0 Å². The van der Waals surface area contributed by atoms with E-state index in [0.29, 0.717) is 0 Å². The molecular weight excluding hydrogens is 124 g/mol. The first-order valence-electron chi connectivity index (χ1n) is 1.39. The van der Waals surface area contributed by atoms with Crippen LogP contribution in [0.5, 0.6) is 0 Å². The Morgan fingerprint density at radius 3 is 1.57 bits per heavy atom. The fourth-order valence-corrected chi connectivity index (χ4v) is 0. The van der Waals surface area contributed by atoms with Crippen molar-refractivity contribution in [3.05, 3.63) is 0 Å². The van der Waals surface area contributed by atoms with Crippen LogP contribution in [0.15, 0.2) is 0 Å². The van der Waals surface area contributed by atoms with E-state index < -0.39 is 0 Å². The molecule has 0 fully saturated rings. The van der Waals surface area contributed by atoms with E-state index in [2.05, 4.69) is 0 Å². The molecule has 0 aromatic heterocycles. The Hall–Kier alpha value is 0.760. The number of carbonyl (C=O) groups excluding carboxylic acids is 1. The first-order valence-corrected chi connectivity index (χ1v) is 1.39. The average molecular weight is 132 g/mol. The summed E-state index contributed by atoms with van der Waals surface area (Å²) in [6.07, 6.45) is 0.750. The molecule has 0 bridgehead atoms. The number of hydrogen-bond donors (Lipinski definition) is 0. The van der Waals surface area contributed by atoms with Gasteiger partial charge in [-0.15, -0.1) is 0 Å². The summed E-state index contributed by atoms with van der Waals surface area (Å²) in [6.45, 7) is 0. The maximum absolute atomic E-state index is 9.43. The molecule has 38 valence electrons. The Balaban J connectivity index is -0.0000000800. The topological polar surface area (TPSA) is 20.3 Å². The Morgan fingerprint density at radius 2 is 1.57 bits per heavy atom. The Kier molecular flexibility index (Phi) is 22.1. The largest absolute Gasteiger partial charge is 1.00 e. The van der Waals surface area contributed by atoms with Gasteiger partial charge in [0.15, 0.2) is 0 Å². The van der Waals surface area contributed by atoms with Gasteiger partial charge in [0.25, 0.3) is 0 Å². The first-order chi connectivity index (χ1) is 2.27. The molecule has 0 radical (unpaired) electrons. The van der Waals surface area contributed by atoms with Crippen molar-refractivity contribution >= 4 is 6.41 Å². The summed E-state index contributed by atoms with van der Waals surface area (Å²) in [4.78, 5) is 10.9. The molecule has 0 rings (SSSR count). The molecular formula is C3H7ClNNaO. The number of rotatable bonds is 1. The van der Waals surface area contributed by atoms with Crippen molar-refractivity contribution in [2.24, 2.45) is 0 Å². The summed E-state index contributed by atoms with van der Waals surface area (Å²) in [5.41, 5.74) is 0. The molecule has 0 aliphatic rings. The molecule has 0 spiro atoms. The van der Waals surface area contributed by atoms with E-state index in [1.54, 1.807) is 14.1 Å². The fourth-order valence-electron chi connectivity index (χ4n) is 0. The summed E-state index contributed by atoms with van der Waals surface area (Å²) in [6, 6.07) is 0. The molecule has 0 heterocycles. The molecule has 0 saturated heterocycles. The van der Waals surface area contributed by atoms with Crippen molar-refractivity contribution in [3.8, 4) is 0 Å². The predicted octanol–water partition coefficient (Wildman–Crippen LogP) is -6.29. The van der Waals surface area contributed by atoms with Crippen LogP contribution in [0.2, 0.25) is 0 Å². The number of carbonyl (C=O) groups is 1. The van der Waals surface area contributed by atoms with Crippen LogP contribution < -0.4 is 42.0 Å². The molecule has 0 N–H and O–H groups in total. The molecule has 0 aromatic carbocycles. The summed E-state index contributed by atoms with van der Waals surface area (Å²) < 4.78 is 0. The van der Waals surface area contributed by atoms with Crippen molar-refractivity contribution in [3.63, 3.8) is 0 Å². The molecule has 1 amide bonds. The van der Waals surface area contributed by atoms with E-state index >= 15 is 0 Å². The number of amides is 1. The fraction of sp³-hybridized carbons (Fsp3) is 0.667. The minimum Gasteiger partial charge on any atom is -1.00 e. The Bertz CT molecular complexity index is 41.9. The van der Waals surface area contributed by atoms with Gasteiger partial charge in [-0.3, -0.25) is 4.79 Å². The summed E-state index contributed by atoms with van der Waals surface area (Å²) in [5.74, 6) is 0. The van der Waals surface area contributed by atoms with Gasteiger partial charge >= 0.3 is 29.6 Å². The van der Waals surface area contributed by atoms with E-state index in [4.69, 9.17) is 0 Å². The molecule has 0 aliphatic carbocycles. The molecule has 0 aromatic rings. The van der Waals surface area contributed by atoms with Gasteiger partial charge in [0.2, 0.25) is 6.41 Å². The van der Waals surface area contributed by atoms with Crippen LogP contribution in [0.4, 0.5) is 0 Å². The van der Waals surface area contributed by atoms with Crippen LogP contribution in [-0.4, -0.2) is 25.4 Å². The van der Waals surface area contributed by atoms with Gasteiger partial charge in [0.05, 0.1) is 0 Å². The monoisotopic (exact) mass is 131 g/mol. The van der Waals surface area contributed by atoms with E-state index in [1.165, 1.54) is 4.90 Å². The third-order valence-electron chi connectivity index (χ3n) is 0.211. The van der Waals surface area contributed by atoms with Crippen LogP contribution >= 0.6 is 0 Å². The first kappa shape index (κ1) is 15.7. The molecule has 0 saturated carbocycles. The van der Waals surface area contributed by atoms with Gasteiger partial charge in [0, 0.05) is 14.1 Å². The normalized spacial score (nSPS) is 4.86. The number of nitrogens with zero attached hydrogens (tertiary/aromatic N) is 1. The van der Waals surface area contributed by atoms with Gasteiger partial charge in [-0.25, -0.2) is 0 Å². The van der Waals surface area contributed by atoms with Crippen LogP contribution in [0, 0.1) is 0 Å². The summed E-state index contributed by atoms with van der Waals surface area (Å²) >= 11 is 0. The second-order valence-corrected chi connectivity index (χ2v) is 1.07. The predicted molar refractivity (Wildman–Crippen MR) is 19.8 cm³/mol. The summed E-state index contributed by atoms with van der Waals surface area (Å²) in [5, 5.41) is 0. The van der Waals surface area contributed by atoms with Crippen molar-refractivity contribution < 1.29 is 46.8 Å². The standard InChI is InChI=1S/C3H7NO.ClH.Na/c1-4(2)3-5;;/h3H,1-2H3;1H;/q;;+1/p-1. The van der Waals surface area contributed by atoms with Gasteiger partial charge in [0.1, 0.15) is 0 Å². The van der Waals surface area contributed by atoms with E-state index in [0.717, 1.165) is 6.41 Å². The van der Waals surface area contributed by atoms with E-state index in [1.807, 2.05) is 0 Å². The molecule has 0 aliphatic heterocycles. The zero-order valence-electron chi connectivity index (χ0n) is 4.81. The summed E-state index contributed by atoms with van der Waals surface area (Å²) in [7, 11) is 3.38. The Labute approximate surface area is 72.0 Å². The molecule has 0 unspecified atom stereocenters. The zero-order valence-corrected chi connectivity index (χ0v) is 7.57. The zero-order chi connectivity index (χ0) is 4.28. The SMILES string of the molecule is CN(C)C=O.[Cl-].[Na+]. The average Bonchev–Trinajstić information content (AvgIpc) is 1.38. The van der Waals surface area contributed by atoms with Gasteiger partial charge in [-0.05, 0) is 0 Å². The quantitative estimate of drug-likeness (QED) is 0.256. The van der Waals surface area contributed by atoms with Crippen molar-refractivity contribution in [2.45, 2.75) is 0 Å². The van der Waals surface area contributed by atoms with E-state index in [-0.39, 0.29) is 42.0 Å². The molecule has 7 heavy (non-hydrogen) atoms. The second-order valence-electron chi connectivity index (χ2n) is 1.07. The third-order valence-corrected chi connectivity index (χ3v) is 0.211. The Morgan fingerprint density at radius 1 is 1.43 bits per heavy atom. The third kappa shape index (κ3) is 20.1. The minimum atomic E-state index is 0. The van der Waals surface area contributed by atoms with Gasteiger partial charge < -0.3 is 17.3 Å². The maximum Gasteiger partial charge on any atom is 1.00 e. The smallest absolute Gasteiger partial charge is 1.00 e. The number of hydrogen-bond acceptors (Lipinski definition) is 1. The van der Waals surface area contributed by atoms with Gasteiger partial charge in [-0.2, -0.15) is 0 Å². The van der Waals surface area contributed by atoms with E-state index in [9.17, 15) is 4.79 Å². The van der Waals surface area contributed by atoms with Crippen molar-refractivity contribution in [1.82, 2.24) is 4.90 Å². The number of halogens is 1. The van der Waals surface area contributed by atoms with Crippen LogP contribution in [-0.2, 0) is 4.79 Å². The maximum atomic E-state index is 9.43. The van der Waals surface area contributed by atoms with Crippen molar-refractivity contribution in [1.29, 1.82) is 0 Å². The molecule has 4 heteroatoms. The minimum absolute atomic E-state index is 0. The van der Waals surface area contributed by atoms with Crippen LogP contribution in [0.3, 0.4) is 0 Å². The van der Waals surface area contributed by atoms with Crippen LogP contribution in [0.25, 0.3) is 0 Å². The molecule has 0 atom stereocenters. The van der Waals surface area contributed by atoms with Crippen molar-refractivity contribution in [2.75, 3.05) is 14.1 Å².